The molecule has 1 fully saturated rings. The van der Waals surface area contributed by atoms with Gasteiger partial charge in [-0.2, -0.15) is 5.26 Å². The SMILES string of the molecule is CC(Nc1cccc(C#N)c1N)C1CC1. The summed E-state index contributed by atoms with van der Waals surface area (Å²) in [5, 5.41) is 12.2. The first-order valence-corrected chi connectivity index (χ1v) is 5.27. The van der Waals surface area contributed by atoms with E-state index in [1.165, 1.54) is 12.8 Å². The highest BCUT2D eigenvalue weighted by atomic mass is 14.9. The van der Waals surface area contributed by atoms with Crippen LogP contribution in [0.15, 0.2) is 18.2 Å². The van der Waals surface area contributed by atoms with E-state index in [1.807, 2.05) is 12.1 Å². The topological polar surface area (TPSA) is 61.8 Å². The third-order valence-corrected chi connectivity index (χ3v) is 2.94. The Morgan fingerprint density at radius 2 is 2.27 bits per heavy atom. The quantitative estimate of drug-likeness (QED) is 0.738. The minimum Gasteiger partial charge on any atom is -0.396 e. The van der Waals surface area contributed by atoms with E-state index in [0.717, 1.165) is 11.6 Å². The van der Waals surface area contributed by atoms with Crippen LogP contribution >= 0.6 is 0 Å². The van der Waals surface area contributed by atoms with Gasteiger partial charge in [-0.25, -0.2) is 0 Å². The Bertz CT molecular complexity index is 402. The zero-order chi connectivity index (χ0) is 10.8. The molecule has 1 aromatic carbocycles. The lowest BCUT2D eigenvalue weighted by Gasteiger charge is -2.16. The summed E-state index contributed by atoms with van der Waals surface area (Å²) in [5.74, 6) is 0.773. The van der Waals surface area contributed by atoms with Crippen LogP contribution in [-0.2, 0) is 0 Å². The molecule has 1 unspecified atom stereocenters. The number of nitrogens with two attached hydrogens (primary N) is 1. The zero-order valence-electron chi connectivity index (χ0n) is 8.83. The Morgan fingerprint density at radius 3 is 2.87 bits per heavy atom. The molecule has 78 valence electrons. The molecule has 3 heteroatoms. The molecule has 0 aromatic heterocycles. The van der Waals surface area contributed by atoms with Gasteiger partial charge < -0.3 is 11.1 Å². The maximum atomic E-state index is 8.84. The van der Waals surface area contributed by atoms with E-state index in [9.17, 15) is 0 Å². The van der Waals surface area contributed by atoms with Crippen LogP contribution < -0.4 is 11.1 Å². The van der Waals surface area contributed by atoms with Gasteiger partial charge in [-0.1, -0.05) is 6.07 Å². The van der Waals surface area contributed by atoms with Crippen molar-refractivity contribution >= 4 is 11.4 Å². The average Bonchev–Trinajstić information content (AvgIpc) is 3.04. The first kappa shape index (κ1) is 9.85. The number of nitrogens with zero attached hydrogens (tertiary/aromatic N) is 1. The first-order valence-electron chi connectivity index (χ1n) is 5.27. The molecule has 0 radical (unpaired) electrons. The Morgan fingerprint density at radius 1 is 1.53 bits per heavy atom. The molecule has 2 rings (SSSR count). The summed E-state index contributed by atoms with van der Waals surface area (Å²) in [5.41, 5.74) is 7.87. The standard InChI is InChI=1S/C12H15N3/c1-8(9-5-6-9)15-11-4-2-3-10(7-13)12(11)14/h2-4,8-9,15H,5-6,14H2,1H3. The molecule has 15 heavy (non-hydrogen) atoms. The summed E-state index contributed by atoms with van der Waals surface area (Å²) in [6.07, 6.45) is 2.60. The van der Waals surface area contributed by atoms with E-state index in [0.29, 0.717) is 17.3 Å². The smallest absolute Gasteiger partial charge is 0.101 e. The fraction of sp³-hybridized carbons (Fsp3) is 0.417. The number of anilines is 2. The highest BCUT2D eigenvalue weighted by molar-refractivity contribution is 5.73. The van der Waals surface area contributed by atoms with Crippen LogP contribution in [-0.4, -0.2) is 6.04 Å². The molecule has 0 aliphatic heterocycles. The molecule has 1 aliphatic carbocycles. The molecule has 1 atom stereocenters. The third-order valence-electron chi connectivity index (χ3n) is 2.94. The lowest BCUT2D eigenvalue weighted by atomic mass is 10.1. The molecule has 1 aromatic rings. The molecular formula is C12H15N3. The minimum absolute atomic E-state index is 0.446. The fourth-order valence-electron chi connectivity index (χ4n) is 1.75. The van der Waals surface area contributed by atoms with Crippen LogP contribution in [0.3, 0.4) is 0 Å². The van der Waals surface area contributed by atoms with E-state index in [1.54, 1.807) is 6.07 Å². The van der Waals surface area contributed by atoms with Crippen molar-refractivity contribution in [2.45, 2.75) is 25.8 Å². The van der Waals surface area contributed by atoms with E-state index in [-0.39, 0.29) is 0 Å². The molecule has 0 heterocycles. The molecule has 3 N–H and O–H groups in total. The van der Waals surface area contributed by atoms with Crippen molar-refractivity contribution in [2.75, 3.05) is 11.1 Å². The average molecular weight is 201 g/mol. The molecule has 1 aliphatic rings. The van der Waals surface area contributed by atoms with Crippen LogP contribution in [0.4, 0.5) is 11.4 Å². The van der Waals surface area contributed by atoms with Gasteiger partial charge in [-0.15, -0.1) is 0 Å². The molecule has 3 nitrogen and oxygen atoms in total. The van der Waals surface area contributed by atoms with Gasteiger partial charge in [0.05, 0.1) is 16.9 Å². The van der Waals surface area contributed by atoms with Crippen molar-refractivity contribution in [3.63, 3.8) is 0 Å². The van der Waals surface area contributed by atoms with Gasteiger partial charge in [0, 0.05) is 6.04 Å². The van der Waals surface area contributed by atoms with Crippen LogP contribution in [0.2, 0.25) is 0 Å². The minimum atomic E-state index is 0.446. The van der Waals surface area contributed by atoms with Crippen LogP contribution in [0.5, 0.6) is 0 Å². The van der Waals surface area contributed by atoms with E-state index < -0.39 is 0 Å². The van der Waals surface area contributed by atoms with E-state index in [4.69, 9.17) is 11.0 Å². The summed E-state index contributed by atoms with van der Waals surface area (Å²) in [6.45, 7) is 2.16. The van der Waals surface area contributed by atoms with Gasteiger partial charge in [-0.05, 0) is 37.8 Å². The van der Waals surface area contributed by atoms with Gasteiger partial charge in [0.2, 0.25) is 0 Å². The van der Waals surface area contributed by atoms with Crippen LogP contribution in [0.25, 0.3) is 0 Å². The lowest BCUT2D eigenvalue weighted by Crippen LogP contribution is -2.18. The summed E-state index contributed by atoms with van der Waals surface area (Å²) in [6, 6.07) is 8.06. The van der Waals surface area contributed by atoms with Crippen LogP contribution in [0, 0.1) is 17.2 Å². The van der Waals surface area contributed by atoms with Gasteiger partial charge in [0.1, 0.15) is 6.07 Å². The van der Waals surface area contributed by atoms with E-state index in [2.05, 4.69) is 18.3 Å². The van der Waals surface area contributed by atoms with Gasteiger partial charge in [0.15, 0.2) is 0 Å². The molecule has 0 spiro atoms. The van der Waals surface area contributed by atoms with E-state index >= 15 is 0 Å². The highest BCUT2D eigenvalue weighted by Gasteiger charge is 2.28. The summed E-state index contributed by atoms with van der Waals surface area (Å²) < 4.78 is 0. The molecular weight excluding hydrogens is 186 g/mol. The Balaban J connectivity index is 2.17. The second-order valence-electron chi connectivity index (χ2n) is 4.15. The number of hydrogen-bond acceptors (Lipinski definition) is 3. The van der Waals surface area contributed by atoms with Crippen molar-refractivity contribution in [3.05, 3.63) is 23.8 Å². The number of hydrogen-bond donors (Lipinski definition) is 2. The predicted molar refractivity (Wildman–Crippen MR) is 61.4 cm³/mol. The first-order chi connectivity index (χ1) is 7.22. The van der Waals surface area contributed by atoms with Crippen molar-refractivity contribution in [2.24, 2.45) is 5.92 Å². The second kappa shape index (κ2) is 3.82. The van der Waals surface area contributed by atoms with Gasteiger partial charge >= 0.3 is 0 Å². The number of nitrogen functional groups attached to an aromatic ring is 1. The fourth-order valence-corrected chi connectivity index (χ4v) is 1.75. The van der Waals surface area contributed by atoms with Crippen molar-refractivity contribution < 1.29 is 0 Å². The predicted octanol–water partition coefficient (Wildman–Crippen LogP) is 2.35. The van der Waals surface area contributed by atoms with Gasteiger partial charge in [0.25, 0.3) is 0 Å². The molecule has 0 bridgehead atoms. The number of nitriles is 1. The van der Waals surface area contributed by atoms with Crippen molar-refractivity contribution in [3.8, 4) is 6.07 Å². The molecule has 0 amide bonds. The lowest BCUT2D eigenvalue weighted by molar-refractivity contribution is 0.694. The summed E-state index contributed by atoms with van der Waals surface area (Å²) in [4.78, 5) is 0. The normalized spacial score (nSPS) is 16.8. The van der Waals surface area contributed by atoms with Gasteiger partial charge in [-0.3, -0.25) is 0 Å². The largest absolute Gasteiger partial charge is 0.396 e. The monoisotopic (exact) mass is 201 g/mol. The second-order valence-corrected chi connectivity index (χ2v) is 4.15. The zero-order valence-corrected chi connectivity index (χ0v) is 8.83. The Hall–Kier alpha value is -1.69. The Kier molecular flexibility index (Phi) is 2.51. The maximum absolute atomic E-state index is 8.84. The van der Waals surface area contributed by atoms with Crippen molar-refractivity contribution in [1.29, 1.82) is 5.26 Å². The Labute approximate surface area is 89.9 Å². The molecule has 1 saturated carbocycles. The number of para-hydroxylation sites is 1. The number of benzene rings is 1. The summed E-state index contributed by atoms with van der Waals surface area (Å²) >= 11 is 0. The number of nitrogens with one attached hydrogen (secondary N) is 1. The van der Waals surface area contributed by atoms with Crippen LogP contribution in [0.1, 0.15) is 25.3 Å². The maximum Gasteiger partial charge on any atom is 0.101 e. The highest BCUT2D eigenvalue weighted by Crippen LogP contribution is 2.35. The summed E-state index contributed by atoms with van der Waals surface area (Å²) in [7, 11) is 0. The molecule has 0 saturated heterocycles. The number of rotatable bonds is 3. The third kappa shape index (κ3) is 2.04. The van der Waals surface area contributed by atoms with Crippen molar-refractivity contribution in [1.82, 2.24) is 0 Å².